The van der Waals surface area contributed by atoms with Crippen LogP contribution in [0.5, 0.6) is 5.75 Å². The van der Waals surface area contributed by atoms with Gasteiger partial charge in [0.1, 0.15) is 5.75 Å². The fourth-order valence-electron chi connectivity index (χ4n) is 3.96. The van der Waals surface area contributed by atoms with Crippen LogP contribution in [0.3, 0.4) is 0 Å². The lowest BCUT2D eigenvalue weighted by Crippen LogP contribution is -2.31. The summed E-state index contributed by atoms with van der Waals surface area (Å²) in [6.07, 6.45) is 10.5. The predicted molar refractivity (Wildman–Crippen MR) is 87.9 cm³/mol. The second-order valence-electron chi connectivity index (χ2n) is 6.62. The number of hydrogen-bond acceptors (Lipinski definition) is 2. The Balaban J connectivity index is 1.87. The van der Waals surface area contributed by atoms with Crippen molar-refractivity contribution < 1.29 is 4.74 Å². The van der Waals surface area contributed by atoms with Crippen LogP contribution in [0, 0.1) is 5.92 Å². The molecule has 1 aliphatic carbocycles. The summed E-state index contributed by atoms with van der Waals surface area (Å²) in [5.74, 6) is 1.98. The molecule has 1 aromatic rings. The third-order valence-electron chi connectivity index (χ3n) is 5.03. The number of rotatable bonds is 5. The summed E-state index contributed by atoms with van der Waals surface area (Å²) in [5.41, 5.74) is 2.84. The van der Waals surface area contributed by atoms with Gasteiger partial charge >= 0.3 is 0 Å². The van der Waals surface area contributed by atoms with Crippen LogP contribution in [-0.2, 0) is 6.42 Å². The second kappa shape index (κ2) is 7.31. The summed E-state index contributed by atoms with van der Waals surface area (Å²) in [6.45, 7) is 4.24. The number of aryl methyl sites for hydroxylation is 1. The summed E-state index contributed by atoms with van der Waals surface area (Å²) in [7, 11) is 0. The Morgan fingerprint density at radius 1 is 1.19 bits per heavy atom. The zero-order valence-electron chi connectivity index (χ0n) is 13.4. The highest BCUT2D eigenvalue weighted by atomic mass is 16.5. The van der Waals surface area contributed by atoms with Gasteiger partial charge in [0.05, 0.1) is 6.61 Å². The molecule has 1 aliphatic heterocycles. The lowest BCUT2D eigenvalue weighted by Gasteiger charge is -2.33. The van der Waals surface area contributed by atoms with Crippen LogP contribution in [0.2, 0.25) is 0 Å². The average Bonchev–Trinajstić information content (AvgIpc) is 2.56. The van der Waals surface area contributed by atoms with Gasteiger partial charge in [-0.3, -0.25) is 0 Å². The van der Waals surface area contributed by atoms with E-state index in [2.05, 4.69) is 30.4 Å². The Kier molecular flexibility index (Phi) is 5.18. The maximum atomic E-state index is 6.07. The van der Waals surface area contributed by atoms with Crippen LogP contribution in [0.1, 0.15) is 69.0 Å². The van der Waals surface area contributed by atoms with Gasteiger partial charge in [-0.05, 0) is 50.1 Å². The SMILES string of the molecule is CCCNC(c1cccc2c1OCCC2)C1CCCCC1. The van der Waals surface area contributed by atoms with Gasteiger partial charge in [0.2, 0.25) is 0 Å². The zero-order valence-corrected chi connectivity index (χ0v) is 13.4. The average molecular weight is 287 g/mol. The molecule has 1 unspecified atom stereocenters. The zero-order chi connectivity index (χ0) is 14.5. The van der Waals surface area contributed by atoms with Crippen molar-refractivity contribution in [2.45, 2.75) is 64.3 Å². The molecule has 1 aromatic carbocycles. The molecule has 0 radical (unpaired) electrons. The van der Waals surface area contributed by atoms with Crippen molar-refractivity contribution in [2.24, 2.45) is 5.92 Å². The number of ether oxygens (including phenoxy) is 1. The molecule has 2 heteroatoms. The van der Waals surface area contributed by atoms with Gasteiger partial charge in [0.15, 0.2) is 0 Å². The van der Waals surface area contributed by atoms with E-state index in [0.29, 0.717) is 6.04 Å². The summed E-state index contributed by atoms with van der Waals surface area (Å²) >= 11 is 0. The first-order valence-electron chi connectivity index (χ1n) is 8.88. The fourth-order valence-corrected chi connectivity index (χ4v) is 3.96. The third-order valence-corrected chi connectivity index (χ3v) is 5.03. The number of benzene rings is 1. The van der Waals surface area contributed by atoms with Gasteiger partial charge in [-0.1, -0.05) is 44.4 Å². The Morgan fingerprint density at radius 2 is 2.05 bits per heavy atom. The Morgan fingerprint density at radius 3 is 2.86 bits per heavy atom. The number of hydrogen-bond donors (Lipinski definition) is 1. The van der Waals surface area contributed by atoms with E-state index in [0.717, 1.165) is 25.5 Å². The lowest BCUT2D eigenvalue weighted by atomic mass is 9.80. The molecule has 21 heavy (non-hydrogen) atoms. The highest BCUT2D eigenvalue weighted by Crippen LogP contribution is 2.40. The van der Waals surface area contributed by atoms with Crippen molar-refractivity contribution >= 4 is 0 Å². The van der Waals surface area contributed by atoms with Gasteiger partial charge < -0.3 is 10.1 Å². The summed E-state index contributed by atoms with van der Waals surface area (Å²) in [5, 5.41) is 3.83. The Hall–Kier alpha value is -1.02. The molecule has 0 aromatic heterocycles. The maximum absolute atomic E-state index is 6.07. The van der Waals surface area contributed by atoms with Crippen LogP contribution in [0.15, 0.2) is 18.2 Å². The molecule has 0 spiro atoms. The van der Waals surface area contributed by atoms with Gasteiger partial charge in [0.25, 0.3) is 0 Å². The fraction of sp³-hybridized carbons (Fsp3) is 0.684. The van der Waals surface area contributed by atoms with Crippen LogP contribution in [0.4, 0.5) is 0 Å². The largest absolute Gasteiger partial charge is 0.493 e. The van der Waals surface area contributed by atoms with E-state index in [-0.39, 0.29) is 0 Å². The highest BCUT2D eigenvalue weighted by molar-refractivity contribution is 5.44. The molecule has 1 atom stereocenters. The van der Waals surface area contributed by atoms with E-state index in [1.54, 1.807) is 0 Å². The normalized spacial score (nSPS) is 20.6. The molecular formula is C19H29NO. The molecule has 3 rings (SSSR count). The van der Waals surface area contributed by atoms with Gasteiger partial charge in [-0.2, -0.15) is 0 Å². The first kappa shape index (κ1) is 14.9. The first-order valence-corrected chi connectivity index (χ1v) is 8.88. The van der Waals surface area contributed by atoms with Gasteiger partial charge in [-0.25, -0.2) is 0 Å². The topological polar surface area (TPSA) is 21.3 Å². The van der Waals surface area contributed by atoms with E-state index in [1.165, 1.54) is 61.8 Å². The molecule has 1 fully saturated rings. The number of nitrogens with one attached hydrogen (secondary N) is 1. The lowest BCUT2D eigenvalue weighted by molar-refractivity contribution is 0.249. The van der Waals surface area contributed by atoms with Gasteiger partial charge in [0, 0.05) is 11.6 Å². The summed E-state index contributed by atoms with van der Waals surface area (Å²) in [4.78, 5) is 0. The van der Waals surface area contributed by atoms with Crippen LogP contribution < -0.4 is 10.1 Å². The molecule has 1 N–H and O–H groups in total. The Labute approximate surface area is 129 Å². The molecule has 2 aliphatic rings. The molecule has 1 saturated carbocycles. The maximum Gasteiger partial charge on any atom is 0.127 e. The molecule has 0 bridgehead atoms. The Bertz CT molecular complexity index is 451. The minimum absolute atomic E-state index is 0.485. The molecule has 0 amide bonds. The van der Waals surface area contributed by atoms with E-state index in [4.69, 9.17) is 4.74 Å². The van der Waals surface area contributed by atoms with E-state index in [1.807, 2.05) is 0 Å². The first-order chi connectivity index (χ1) is 10.4. The highest BCUT2D eigenvalue weighted by Gasteiger charge is 2.28. The van der Waals surface area contributed by atoms with E-state index in [9.17, 15) is 0 Å². The van der Waals surface area contributed by atoms with Gasteiger partial charge in [-0.15, -0.1) is 0 Å². The van der Waals surface area contributed by atoms with Crippen LogP contribution >= 0.6 is 0 Å². The summed E-state index contributed by atoms with van der Waals surface area (Å²) < 4.78 is 6.07. The van der Waals surface area contributed by atoms with Crippen molar-refractivity contribution in [1.29, 1.82) is 0 Å². The van der Waals surface area contributed by atoms with E-state index < -0.39 is 0 Å². The van der Waals surface area contributed by atoms with E-state index >= 15 is 0 Å². The minimum Gasteiger partial charge on any atom is -0.493 e. The predicted octanol–water partition coefficient (Wildman–Crippen LogP) is 4.63. The smallest absolute Gasteiger partial charge is 0.127 e. The van der Waals surface area contributed by atoms with Crippen molar-refractivity contribution in [3.8, 4) is 5.75 Å². The number of fused-ring (bicyclic) bond motifs is 1. The summed E-state index contributed by atoms with van der Waals surface area (Å²) in [6, 6.07) is 7.26. The monoisotopic (exact) mass is 287 g/mol. The third kappa shape index (κ3) is 3.42. The van der Waals surface area contributed by atoms with Crippen LogP contribution in [0.25, 0.3) is 0 Å². The minimum atomic E-state index is 0.485. The molecular weight excluding hydrogens is 258 g/mol. The van der Waals surface area contributed by atoms with Crippen molar-refractivity contribution in [3.63, 3.8) is 0 Å². The number of para-hydroxylation sites is 1. The standard InChI is InChI=1S/C19H29NO/c1-2-13-20-18(15-8-4-3-5-9-15)17-12-6-10-16-11-7-14-21-19(16)17/h6,10,12,15,18,20H,2-5,7-9,11,13-14H2,1H3. The molecule has 2 nitrogen and oxygen atoms in total. The van der Waals surface area contributed by atoms with Crippen molar-refractivity contribution in [1.82, 2.24) is 5.32 Å². The van der Waals surface area contributed by atoms with Crippen LogP contribution in [-0.4, -0.2) is 13.2 Å². The quantitative estimate of drug-likeness (QED) is 0.852. The van der Waals surface area contributed by atoms with Crippen molar-refractivity contribution in [2.75, 3.05) is 13.2 Å². The molecule has 116 valence electrons. The second-order valence-corrected chi connectivity index (χ2v) is 6.62. The molecule has 1 heterocycles. The molecule has 0 saturated heterocycles. The van der Waals surface area contributed by atoms with Crippen molar-refractivity contribution in [3.05, 3.63) is 29.3 Å².